The number of piperazine rings is 1. The van der Waals surface area contributed by atoms with E-state index in [2.05, 4.69) is 34.3 Å². The summed E-state index contributed by atoms with van der Waals surface area (Å²) in [6, 6.07) is 13.8. The number of ether oxygens (including phenoxy) is 2. The fourth-order valence-corrected chi connectivity index (χ4v) is 3.34. The van der Waals surface area contributed by atoms with Crippen molar-refractivity contribution in [1.29, 1.82) is 0 Å². The van der Waals surface area contributed by atoms with Crippen molar-refractivity contribution in [1.82, 2.24) is 4.90 Å². The highest BCUT2D eigenvalue weighted by molar-refractivity contribution is 5.91. The highest BCUT2D eigenvalue weighted by Gasteiger charge is 2.14. The lowest BCUT2D eigenvalue weighted by molar-refractivity contribution is -0.116. The molecule has 6 heteroatoms. The van der Waals surface area contributed by atoms with Crippen LogP contribution in [0.4, 0.5) is 11.4 Å². The van der Waals surface area contributed by atoms with Crippen LogP contribution in [0.5, 0.6) is 11.5 Å². The Morgan fingerprint density at radius 1 is 0.964 bits per heavy atom. The third-order valence-corrected chi connectivity index (χ3v) is 5.11. The van der Waals surface area contributed by atoms with E-state index in [1.165, 1.54) is 5.69 Å². The van der Waals surface area contributed by atoms with Crippen LogP contribution in [-0.2, 0) is 11.2 Å². The number of carbonyl (C=O) groups excluding carboxylic acids is 1. The van der Waals surface area contributed by atoms with Crippen LogP contribution in [0.15, 0.2) is 42.5 Å². The second-order valence-electron chi connectivity index (χ2n) is 7.07. The third-order valence-electron chi connectivity index (χ3n) is 5.11. The van der Waals surface area contributed by atoms with Gasteiger partial charge in [0.25, 0.3) is 0 Å². The standard InChI is InChI=1S/C22H29N3O3/c1-24-12-14-25(15-13-24)19-8-6-18(7-9-19)23-22(26)11-5-17-4-10-20(27-2)21(16-17)28-3/h4,6-10,16H,5,11-15H2,1-3H3,(H,23,26). The average molecular weight is 383 g/mol. The molecular weight excluding hydrogens is 354 g/mol. The highest BCUT2D eigenvalue weighted by Crippen LogP contribution is 2.28. The molecule has 6 nitrogen and oxygen atoms in total. The molecule has 0 spiro atoms. The van der Waals surface area contributed by atoms with Crippen LogP contribution in [0.1, 0.15) is 12.0 Å². The number of nitrogens with one attached hydrogen (secondary N) is 1. The summed E-state index contributed by atoms with van der Waals surface area (Å²) in [5, 5.41) is 2.98. The minimum Gasteiger partial charge on any atom is -0.493 e. The summed E-state index contributed by atoms with van der Waals surface area (Å²) in [5.41, 5.74) is 3.07. The van der Waals surface area contributed by atoms with Crippen LogP contribution >= 0.6 is 0 Å². The Labute approximate surface area is 167 Å². The molecule has 0 atom stereocenters. The van der Waals surface area contributed by atoms with Gasteiger partial charge < -0.3 is 24.6 Å². The molecule has 2 aromatic rings. The lowest BCUT2D eigenvalue weighted by Gasteiger charge is -2.34. The summed E-state index contributed by atoms with van der Waals surface area (Å²) in [7, 11) is 5.37. The van der Waals surface area contributed by atoms with Crippen molar-refractivity contribution >= 4 is 17.3 Å². The van der Waals surface area contributed by atoms with Crippen molar-refractivity contribution in [2.75, 3.05) is 57.7 Å². The summed E-state index contributed by atoms with van der Waals surface area (Å²) < 4.78 is 10.6. The molecule has 1 aliphatic heterocycles. The Hall–Kier alpha value is -2.73. The zero-order valence-corrected chi connectivity index (χ0v) is 16.9. The first-order valence-corrected chi connectivity index (χ1v) is 9.63. The van der Waals surface area contributed by atoms with Crippen molar-refractivity contribution < 1.29 is 14.3 Å². The maximum absolute atomic E-state index is 12.3. The molecule has 1 amide bonds. The zero-order valence-electron chi connectivity index (χ0n) is 16.9. The Bertz CT molecular complexity index is 784. The van der Waals surface area contributed by atoms with Gasteiger partial charge in [-0.15, -0.1) is 0 Å². The monoisotopic (exact) mass is 383 g/mol. The molecule has 2 aromatic carbocycles. The van der Waals surface area contributed by atoms with E-state index in [0.29, 0.717) is 24.3 Å². The summed E-state index contributed by atoms with van der Waals surface area (Å²) in [6.45, 7) is 4.23. The normalized spacial score (nSPS) is 14.6. The first-order chi connectivity index (χ1) is 13.6. The minimum absolute atomic E-state index is 0.00197. The number of aryl methyl sites for hydroxylation is 1. The van der Waals surface area contributed by atoms with Gasteiger partial charge in [-0.25, -0.2) is 0 Å². The molecule has 28 heavy (non-hydrogen) atoms. The maximum atomic E-state index is 12.3. The van der Waals surface area contributed by atoms with Crippen LogP contribution in [0.25, 0.3) is 0 Å². The molecule has 0 unspecified atom stereocenters. The number of hydrogen-bond donors (Lipinski definition) is 1. The van der Waals surface area contributed by atoms with Crippen molar-refractivity contribution in [3.8, 4) is 11.5 Å². The first kappa shape index (κ1) is 20.0. The van der Waals surface area contributed by atoms with Gasteiger partial charge in [-0.05, 0) is 55.4 Å². The minimum atomic E-state index is 0.00197. The fraction of sp³-hybridized carbons (Fsp3) is 0.409. The van der Waals surface area contributed by atoms with Crippen molar-refractivity contribution in [3.05, 3.63) is 48.0 Å². The van der Waals surface area contributed by atoms with Crippen LogP contribution < -0.4 is 19.7 Å². The zero-order chi connectivity index (χ0) is 19.9. The molecule has 0 radical (unpaired) electrons. The van der Waals surface area contributed by atoms with Crippen molar-refractivity contribution in [3.63, 3.8) is 0 Å². The Balaban J connectivity index is 1.51. The van der Waals surface area contributed by atoms with Gasteiger partial charge in [0.1, 0.15) is 0 Å². The van der Waals surface area contributed by atoms with Gasteiger partial charge in [-0.2, -0.15) is 0 Å². The predicted molar refractivity (Wildman–Crippen MR) is 113 cm³/mol. The second kappa shape index (κ2) is 9.46. The summed E-state index contributed by atoms with van der Waals surface area (Å²) in [4.78, 5) is 17.0. The molecule has 1 fully saturated rings. The molecule has 1 aliphatic rings. The number of carbonyl (C=O) groups is 1. The highest BCUT2D eigenvalue weighted by atomic mass is 16.5. The SMILES string of the molecule is COc1ccc(CCC(=O)Nc2ccc(N3CCN(C)CC3)cc2)cc1OC. The number of hydrogen-bond acceptors (Lipinski definition) is 5. The largest absolute Gasteiger partial charge is 0.493 e. The Morgan fingerprint density at radius 3 is 2.29 bits per heavy atom. The van der Waals surface area contributed by atoms with E-state index in [9.17, 15) is 4.79 Å². The van der Waals surface area contributed by atoms with Crippen LogP contribution in [0.3, 0.4) is 0 Å². The van der Waals surface area contributed by atoms with Gasteiger partial charge in [0.15, 0.2) is 11.5 Å². The quantitative estimate of drug-likeness (QED) is 0.797. The van der Waals surface area contributed by atoms with Crippen LogP contribution in [0.2, 0.25) is 0 Å². The molecule has 0 aliphatic carbocycles. The molecule has 150 valence electrons. The van der Waals surface area contributed by atoms with Crippen molar-refractivity contribution in [2.45, 2.75) is 12.8 Å². The second-order valence-corrected chi connectivity index (χ2v) is 7.07. The molecule has 1 saturated heterocycles. The van der Waals surface area contributed by atoms with Gasteiger partial charge in [0.05, 0.1) is 14.2 Å². The van der Waals surface area contributed by atoms with E-state index in [0.717, 1.165) is 37.4 Å². The summed E-state index contributed by atoms with van der Waals surface area (Å²) in [5.74, 6) is 1.37. The number of nitrogens with zero attached hydrogens (tertiary/aromatic N) is 2. The number of likely N-dealkylation sites (N-methyl/N-ethyl adjacent to an activating group) is 1. The molecule has 0 bridgehead atoms. The lowest BCUT2D eigenvalue weighted by Crippen LogP contribution is -2.44. The molecule has 1 heterocycles. The Kier molecular flexibility index (Phi) is 6.76. The van der Waals surface area contributed by atoms with E-state index >= 15 is 0 Å². The van der Waals surface area contributed by atoms with E-state index in [-0.39, 0.29) is 5.91 Å². The third kappa shape index (κ3) is 5.16. The van der Waals surface area contributed by atoms with E-state index < -0.39 is 0 Å². The van der Waals surface area contributed by atoms with Gasteiger partial charge in [-0.3, -0.25) is 4.79 Å². The Morgan fingerprint density at radius 2 is 1.64 bits per heavy atom. The lowest BCUT2D eigenvalue weighted by atomic mass is 10.1. The number of anilines is 2. The van der Waals surface area contributed by atoms with E-state index in [4.69, 9.17) is 9.47 Å². The number of benzene rings is 2. The molecular formula is C22H29N3O3. The summed E-state index contributed by atoms with van der Waals surface area (Å²) >= 11 is 0. The van der Waals surface area contributed by atoms with Crippen LogP contribution in [0, 0.1) is 0 Å². The molecule has 3 rings (SSSR count). The van der Waals surface area contributed by atoms with E-state index in [1.54, 1.807) is 14.2 Å². The number of rotatable bonds is 7. The molecule has 0 saturated carbocycles. The van der Waals surface area contributed by atoms with Crippen molar-refractivity contribution in [2.24, 2.45) is 0 Å². The first-order valence-electron chi connectivity index (χ1n) is 9.63. The fourth-order valence-electron chi connectivity index (χ4n) is 3.34. The van der Waals surface area contributed by atoms with Gasteiger partial charge in [0, 0.05) is 44.0 Å². The predicted octanol–water partition coefficient (Wildman–Crippen LogP) is 3.03. The van der Waals surface area contributed by atoms with Gasteiger partial charge in [-0.1, -0.05) is 6.07 Å². The number of methoxy groups -OCH3 is 2. The molecule has 0 aromatic heterocycles. The summed E-state index contributed by atoms with van der Waals surface area (Å²) in [6.07, 6.45) is 1.06. The number of amides is 1. The van der Waals surface area contributed by atoms with E-state index in [1.807, 2.05) is 30.3 Å². The van der Waals surface area contributed by atoms with Gasteiger partial charge >= 0.3 is 0 Å². The smallest absolute Gasteiger partial charge is 0.224 e. The maximum Gasteiger partial charge on any atom is 0.224 e. The van der Waals surface area contributed by atoms with Gasteiger partial charge in [0.2, 0.25) is 5.91 Å². The topological polar surface area (TPSA) is 54.0 Å². The molecule has 1 N–H and O–H groups in total. The average Bonchev–Trinajstić information content (AvgIpc) is 2.73. The van der Waals surface area contributed by atoms with Crippen LogP contribution in [-0.4, -0.2) is 58.3 Å².